The molecule has 1 fully saturated rings. The molecule has 1 heterocycles. The molecule has 1 saturated carbocycles. The van der Waals surface area contributed by atoms with Gasteiger partial charge in [0, 0.05) is 12.3 Å². The van der Waals surface area contributed by atoms with Crippen LogP contribution in [0.5, 0.6) is 0 Å². The highest BCUT2D eigenvalue weighted by Gasteiger charge is 2.24. The van der Waals surface area contributed by atoms with Crippen LogP contribution in [-0.4, -0.2) is 12.6 Å². The van der Waals surface area contributed by atoms with E-state index >= 15 is 0 Å². The summed E-state index contributed by atoms with van der Waals surface area (Å²) in [5.74, 6) is 0.968. The number of hydrogen-bond acceptors (Lipinski definition) is 3. The van der Waals surface area contributed by atoms with Gasteiger partial charge >= 0.3 is 5.97 Å². The summed E-state index contributed by atoms with van der Waals surface area (Å²) in [6.07, 6.45) is 8.08. The van der Waals surface area contributed by atoms with Crippen LogP contribution in [0.3, 0.4) is 0 Å². The second-order valence-corrected chi connectivity index (χ2v) is 5.85. The molecule has 0 spiro atoms. The van der Waals surface area contributed by atoms with Crippen LogP contribution >= 0.6 is 0 Å². The molecule has 3 heteroatoms. The lowest BCUT2D eigenvalue weighted by Gasteiger charge is -2.27. The lowest BCUT2D eigenvalue weighted by molar-refractivity contribution is -0.145. The first-order valence-corrected chi connectivity index (χ1v) is 7.93. The van der Waals surface area contributed by atoms with E-state index in [9.17, 15) is 4.79 Å². The quantitative estimate of drug-likeness (QED) is 0.766. The zero-order valence-electron chi connectivity index (χ0n) is 12.3. The Balaban J connectivity index is 1.70. The summed E-state index contributed by atoms with van der Waals surface area (Å²) in [5, 5.41) is 0. The molecule has 21 heavy (non-hydrogen) atoms. The first kappa shape index (κ1) is 14.2. The van der Waals surface area contributed by atoms with Crippen LogP contribution in [0.4, 0.5) is 0 Å². The summed E-state index contributed by atoms with van der Waals surface area (Å²) in [6.45, 7) is 0.606. The molecule has 1 atom stereocenters. The minimum Gasteiger partial charge on any atom is -0.497 e. The molecular weight excluding hydrogens is 264 g/mol. The minimum absolute atomic E-state index is 0.206. The number of allylic oxidation sites excluding steroid dienone is 1. The summed E-state index contributed by atoms with van der Waals surface area (Å²) >= 11 is 0. The van der Waals surface area contributed by atoms with E-state index in [2.05, 4.69) is 0 Å². The van der Waals surface area contributed by atoms with Gasteiger partial charge in [-0.3, -0.25) is 0 Å². The first-order chi connectivity index (χ1) is 10.3. The van der Waals surface area contributed by atoms with E-state index in [4.69, 9.17) is 9.47 Å². The van der Waals surface area contributed by atoms with E-state index in [0.717, 1.165) is 24.2 Å². The summed E-state index contributed by atoms with van der Waals surface area (Å²) in [5.41, 5.74) is 1.03. The average molecular weight is 286 g/mol. The third-order valence-electron chi connectivity index (χ3n) is 4.35. The third kappa shape index (κ3) is 3.66. The predicted molar refractivity (Wildman–Crippen MR) is 80.5 cm³/mol. The number of carbonyl (C=O) groups is 1. The largest absolute Gasteiger partial charge is 0.497 e. The normalized spacial score (nSPS) is 26.8. The highest BCUT2D eigenvalue weighted by atomic mass is 16.5. The van der Waals surface area contributed by atoms with Crippen LogP contribution in [0.25, 0.3) is 0 Å². The Morgan fingerprint density at radius 1 is 0.952 bits per heavy atom. The van der Waals surface area contributed by atoms with Gasteiger partial charge in [0.2, 0.25) is 0 Å². The Hall–Kier alpha value is -1.77. The molecule has 0 amide bonds. The number of cyclic esters (lactones) is 1. The Kier molecular flexibility index (Phi) is 4.59. The van der Waals surface area contributed by atoms with Crippen molar-refractivity contribution in [3.63, 3.8) is 0 Å². The van der Waals surface area contributed by atoms with Crippen LogP contribution in [-0.2, 0) is 14.3 Å². The van der Waals surface area contributed by atoms with Crippen molar-refractivity contribution < 1.29 is 14.3 Å². The molecule has 0 bridgehead atoms. The van der Waals surface area contributed by atoms with Gasteiger partial charge in [0.05, 0.1) is 12.7 Å². The van der Waals surface area contributed by atoms with E-state index < -0.39 is 0 Å². The molecule has 0 aromatic heterocycles. The number of esters is 1. The second kappa shape index (κ2) is 6.79. The van der Waals surface area contributed by atoms with Gasteiger partial charge < -0.3 is 9.47 Å². The van der Waals surface area contributed by atoms with Gasteiger partial charge in [-0.1, -0.05) is 49.6 Å². The summed E-state index contributed by atoms with van der Waals surface area (Å²) in [4.78, 5) is 12.1. The number of benzene rings is 1. The summed E-state index contributed by atoms with van der Waals surface area (Å²) in [6, 6.07) is 9.88. The van der Waals surface area contributed by atoms with E-state index in [0.29, 0.717) is 18.9 Å². The molecule has 0 saturated heterocycles. The first-order valence-electron chi connectivity index (χ1n) is 7.93. The summed E-state index contributed by atoms with van der Waals surface area (Å²) < 4.78 is 11.5. The zero-order valence-corrected chi connectivity index (χ0v) is 12.3. The molecule has 1 aromatic rings. The van der Waals surface area contributed by atoms with Gasteiger partial charge in [-0.25, -0.2) is 4.79 Å². The van der Waals surface area contributed by atoms with Crippen LogP contribution in [0.1, 0.15) is 50.2 Å². The molecule has 3 rings (SSSR count). The topological polar surface area (TPSA) is 35.5 Å². The van der Waals surface area contributed by atoms with Crippen molar-refractivity contribution in [1.82, 2.24) is 0 Å². The molecule has 0 radical (unpaired) electrons. The molecule has 112 valence electrons. The maximum atomic E-state index is 12.1. The lowest BCUT2D eigenvalue weighted by Crippen LogP contribution is -2.20. The van der Waals surface area contributed by atoms with Gasteiger partial charge in [-0.05, 0) is 18.4 Å². The second-order valence-electron chi connectivity index (χ2n) is 5.85. The molecule has 1 unspecified atom stereocenters. The van der Waals surface area contributed by atoms with Crippen molar-refractivity contribution in [2.24, 2.45) is 5.92 Å². The van der Waals surface area contributed by atoms with Gasteiger partial charge in [-0.2, -0.15) is 0 Å². The highest BCUT2D eigenvalue weighted by molar-refractivity contribution is 5.82. The standard InChI is InChI=1S/C18H22O3/c19-18-13-17(15-9-5-2-6-10-15)20-12-11-16(21-18)14-7-3-1-4-8-14/h1,3-4,7-8,13,15-16H,2,5-6,9-12H2/b17-13-. The van der Waals surface area contributed by atoms with Gasteiger partial charge in [0.1, 0.15) is 11.9 Å². The van der Waals surface area contributed by atoms with Crippen LogP contribution < -0.4 is 0 Å². The maximum Gasteiger partial charge on any atom is 0.334 e. The molecule has 1 aliphatic heterocycles. The fourth-order valence-electron chi connectivity index (χ4n) is 3.20. The zero-order chi connectivity index (χ0) is 14.5. The van der Waals surface area contributed by atoms with Crippen molar-refractivity contribution >= 4 is 5.97 Å². The predicted octanol–water partition coefficient (Wildman–Crippen LogP) is 4.16. The van der Waals surface area contributed by atoms with Crippen molar-refractivity contribution in [1.29, 1.82) is 0 Å². The SMILES string of the molecule is O=C1/C=C(/C2CCCCC2)OCCC(c2ccccc2)O1. The van der Waals surface area contributed by atoms with Crippen molar-refractivity contribution in [2.45, 2.75) is 44.6 Å². The maximum absolute atomic E-state index is 12.1. The molecule has 3 nitrogen and oxygen atoms in total. The van der Waals surface area contributed by atoms with Crippen molar-refractivity contribution in [3.8, 4) is 0 Å². The fourth-order valence-corrected chi connectivity index (χ4v) is 3.20. The Morgan fingerprint density at radius 3 is 2.48 bits per heavy atom. The van der Waals surface area contributed by atoms with Crippen LogP contribution in [0, 0.1) is 5.92 Å². The molecule has 1 aromatic carbocycles. The van der Waals surface area contributed by atoms with E-state index in [-0.39, 0.29) is 12.1 Å². The summed E-state index contributed by atoms with van der Waals surface area (Å²) in [7, 11) is 0. The minimum atomic E-state index is -0.274. The number of hydrogen-bond donors (Lipinski definition) is 0. The average Bonchev–Trinajstić information content (AvgIpc) is 2.52. The number of carbonyl (C=O) groups excluding carboxylic acids is 1. The van der Waals surface area contributed by atoms with E-state index in [1.54, 1.807) is 6.08 Å². The Labute approximate surface area is 125 Å². The van der Waals surface area contributed by atoms with Gasteiger partial charge in [0.15, 0.2) is 0 Å². The highest BCUT2D eigenvalue weighted by Crippen LogP contribution is 2.32. The Bertz CT molecular complexity index is 500. The van der Waals surface area contributed by atoms with Crippen molar-refractivity contribution in [2.75, 3.05) is 6.61 Å². The van der Waals surface area contributed by atoms with Gasteiger partial charge in [0.25, 0.3) is 0 Å². The lowest BCUT2D eigenvalue weighted by atomic mass is 9.87. The molecule has 0 N–H and O–H groups in total. The van der Waals surface area contributed by atoms with E-state index in [1.807, 2.05) is 30.3 Å². The van der Waals surface area contributed by atoms with Crippen molar-refractivity contribution in [3.05, 3.63) is 47.7 Å². The molecular formula is C18H22O3. The molecule has 1 aliphatic carbocycles. The Morgan fingerprint density at radius 2 is 1.71 bits per heavy atom. The molecule has 2 aliphatic rings. The van der Waals surface area contributed by atoms with E-state index in [1.165, 1.54) is 19.3 Å². The number of ether oxygens (including phenoxy) is 2. The number of rotatable bonds is 2. The smallest absolute Gasteiger partial charge is 0.334 e. The third-order valence-corrected chi connectivity index (χ3v) is 4.35. The van der Waals surface area contributed by atoms with Crippen LogP contribution in [0.2, 0.25) is 0 Å². The van der Waals surface area contributed by atoms with Crippen LogP contribution in [0.15, 0.2) is 42.2 Å². The monoisotopic (exact) mass is 286 g/mol. The fraction of sp³-hybridized carbons (Fsp3) is 0.500. The van der Waals surface area contributed by atoms with Gasteiger partial charge in [-0.15, -0.1) is 0 Å².